The zero-order valence-electron chi connectivity index (χ0n) is 13.1. The summed E-state index contributed by atoms with van der Waals surface area (Å²) in [5, 5.41) is 2.81. The minimum atomic E-state index is -3.16. The van der Waals surface area contributed by atoms with Crippen molar-refractivity contribution in [2.45, 2.75) is 46.1 Å². The number of hydrogen-bond acceptors (Lipinski definition) is 4. The SMILES string of the molecule is CC(=O)N[C@@H]1CCCN(C(=O)CCS(=O)(=O)CC(C)C)C1. The van der Waals surface area contributed by atoms with Crippen molar-refractivity contribution < 1.29 is 18.0 Å². The van der Waals surface area contributed by atoms with Gasteiger partial charge in [-0.3, -0.25) is 9.59 Å². The van der Waals surface area contributed by atoms with E-state index in [0.29, 0.717) is 13.1 Å². The molecule has 1 aliphatic rings. The number of carbonyl (C=O) groups excluding carboxylic acids is 2. The third-order valence-electron chi connectivity index (χ3n) is 3.40. The fourth-order valence-electron chi connectivity index (χ4n) is 2.60. The van der Waals surface area contributed by atoms with Crippen molar-refractivity contribution >= 4 is 21.7 Å². The van der Waals surface area contributed by atoms with Gasteiger partial charge in [0.1, 0.15) is 0 Å². The Hall–Kier alpha value is -1.11. The van der Waals surface area contributed by atoms with E-state index in [1.54, 1.807) is 4.90 Å². The van der Waals surface area contributed by atoms with Gasteiger partial charge in [-0.05, 0) is 18.8 Å². The van der Waals surface area contributed by atoms with Crippen LogP contribution in [-0.4, -0.2) is 55.8 Å². The molecule has 0 aliphatic carbocycles. The van der Waals surface area contributed by atoms with E-state index in [9.17, 15) is 18.0 Å². The van der Waals surface area contributed by atoms with Gasteiger partial charge in [0.25, 0.3) is 0 Å². The first-order valence-corrected chi connectivity index (χ1v) is 9.27. The first-order chi connectivity index (χ1) is 9.69. The van der Waals surface area contributed by atoms with E-state index in [2.05, 4.69) is 5.32 Å². The molecule has 1 atom stereocenters. The molecule has 1 rings (SSSR count). The van der Waals surface area contributed by atoms with Gasteiger partial charge in [-0.1, -0.05) is 13.8 Å². The first kappa shape index (κ1) is 17.9. The van der Waals surface area contributed by atoms with Gasteiger partial charge < -0.3 is 10.2 Å². The van der Waals surface area contributed by atoms with Gasteiger partial charge in [-0.2, -0.15) is 0 Å². The van der Waals surface area contributed by atoms with Gasteiger partial charge in [-0.25, -0.2) is 8.42 Å². The molecular formula is C14H26N2O4S. The van der Waals surface area contributed by atoms with Gasteiger partial charge in [-0.15, -0.1) is 0 Å². The van der Waals surface area contributed by atoms with Crippen molar-refractivity contribution in [3.8, 4) is 0 Å². The molecule has 0 radical (unpaired) electrons. The van der Waals surface area contributed by atoms with Gasteiger partial charge in [0.05, 0.1) is 11.5 Å². The van der Waals surface area contributed by atoms with E-state index >= 15 is 0 Å². The number of rotatable bonds is 6. The van der Waals surface area contributed by atoms with Crippen LogP contribution in [-0.2, 0) is 19.4 Å². The monoisotopic (exact) mass is 318 g/mol. The van der Waals surface area contributed by atoms with E-state index in [4.69, 9.17) is 0 Å². The Balaban J connectivity index is 2.46. The van der Waals surface area contributed by atoms with Gasteiger partial charge >= 0.3 is 0 Å². The van der Waals surface area contributed by atoms with Crippen LogP contribution in [0.15, 0.2) is 0 Å². The normalized spacial score (nSPS) is 19.6. The minimum absolute atomic E-state index is 0.0209. The molecule has 1 saturated heterocycles. The second kappa shape index (κ2) is 7.77. The number of nitrogens with zero attached hydrogens (tertiary/aromatic N) is 1. The third-order valence-corrected chi connectivity index (χ3v) is 5.40. The van der Waals surface area contributed by atoms with Crippen LogP contribution < -0.4 is 5.32 Å². The highest BCUT2D eigenvalue weighted by molar-refractivity contribution is 7.91. The molecule has 122 valence electrons. The molecule has 21 heavy (non-hydrogen) atoms. The molecular weight excluding hydrogens is 292 g/mol. The topological polar surface area (TPSA) is 83.6 Å². The van der Waals surface area contributed by atoms with Crippen LogP contribution in [0.4, 0.5) is 0 Å². The molecule has 1 N–H and O–H groups in total. The van der Waals surface area contributed by atoms with Crippen molar-refractivity contribution in [3.05, 3.63) is 0 Å². The number of likely N-dealkylation sites (tertiary alicyclic amines) is 1. The van der Waals surface area contributed by atoms with Gasteiger partial charge in [0.15, 0.2) is 9.84 Å². The first-order valence-electron chi connectivity index (χ1n) is 7.45. The lowest BCUT2D eigenvalue weighted by Gasteiger charge is -2.33. The highest BCUT2D eigenvalue weighted by atomic mass is 32.2. The zero-order chi connectivity index (χ0) is 16.0. The summed E-state index contributed by atoms with van der Waals surface area (Å²) in [6, 6.07) is -0.0209. The quantitative estimate of drug-likeness (QED) is 0.776. The summed E-state index contributed by atoms with van der Waals surface area (Å²) in [7, 11) is -3.16. The second-order valence-electron chi connectivity index (χ2n) is 6.14. The van der Waals surface area contributed by atoms with Crippen LogP contribution in [0.5, 0.6) is 0 Å². The fourth-order valence-corrected chi connectivity index (χ4v) is 4.27. The van der Waals surface area contributed by atoms with Crippen LogP contribution in [0.3, 0.4) is 0 Å². The standard InChI is InChI=1S/C14H26N2O4S/c1-11(2)10-21(19,20)8-6-14(18)16-7-4-5-13(9-16)15-12(3)17/h11,13H,4-10H2,1-3H3,(H,15,17)/t13-/m1/s1. The molecule has 0 spiro atoms. The molecule has 0 bridgehead atoms. The second-order valence-corrected chi connectivity index (χ2v) is 8.37. The molecule has 0 saturated carbocycles. The lowest BCUT2D eigenvalue weighted by atomic mass is 10.1. The summed E-state index contributed by atoms with van der Waals surface area (Å²) >= 11 is 0. The number of carbonyl (C=O) groups is 2. The maximum Gasteiger partial charge on any atom is 0.223 e. The summed E-state index contributed by atoms with van der Waals surface area (Å²) < 4.78 is 23.6. The Bertz CT molecular complexity index is 473. The van der Waals surface area contributed by atoms with Crippen LogP contribution in [0.1, 0.15) is 40.0 Å². The average Bonchev–Trinajstić information content (AvgIpc) is 2.34. The lowest BCUT2D eigenvalue weighted by molar-refractivity contribution is -0.133. The van der Waals surface area contributed by atoms with Gasteiger partial charge in [0, 0.05) is 32.5 Å². The third kappa shape index (κ3) is 6.93. The molecule has 0 aromatic rings. The number of piperidine rings is 1. The maximum atomic E-state index is 12.1. The average molecular weight is 318 g/mol. The predicted molar refractivity (Wildman–Crippen MR) is 81.5 cm³/mol. The van der Waals surface area contributed by atoms with E-state index in [1.807, 2.05) is 13.8 Å². The molecule has 1 aliphatic heterocycles. The Morgan fingerprint density at radius 1 is 1.33 bits per heavy atom. The van der Waals surface area contributed by atoms with Crippen LogP contribution in [0, 0.1) is 5.92 Å². The van der Waals surface area contributed by atoms with Crippen molar-refractivity contribution in [1.29, 1.82) is 0 Å². The Kier molecular flexibility index (Phi) is 6.64. The van der Waals surface area contributed by atoms with E-state index in [0.717, 1.165) is 12.8 Å². The van der Waals surface area contributed by atoms with Crippen molar-refractivity contribution in [2.75, 3.05) is 24.6 Å². The molecule has 2 amide bonds. The zero-order valence-corrected chi connectivity index (χ0v) is 13.9. The Morgan fingerprint density at radius 2 is 2.00 bits per heavy atom. The van der Waals surface area contributed by atoms with Crippen LogP contribution in [0.25, 0.3) is 0 Å². The molecule has 7 heteroatoms. The highest BCUT2D eigenvalue weighted by Gasteiger charge is 2.25. The van der Waals surface area contributed by atoms with Crippen molar-refractivity contribution in [2.24, 2.45) is 5.92 Å². The molecule has 0 aromatic carbocycles. The summed E-state index contributed by atoms with van der Waals surface area (Å²) in [5.41, 5.74) is 0. The highest BCUT2D eigenvalue weighted by Crippen LogP contribution is 2.12. The molecule has 0 unspecified atom stereocenters. The molecule has 1 heterocycles. The largest absolute Gasteiger partial charge is 0.352 e. The molecule has 1 fully saturated rings. The summed E-state index contributed by atoms with van der Waals surface area (Å²) in [5.74, 6) is -0.143. The summed E-state index contributed by atoms with van der Waals surface area (Å²) in [6.45, 7) is 6.27. The predicted octanol–water partition coefficient (Wildman–Crippen LogP) is 0.574. The number of sulfone groups is 1. The Labute approximate surface area is 127 Å². The molecule has 6 nitrogen and oxygen atoms in total. The lowest BCUT2D eigenvalue weighted by Crippen LogP contribution is -2.49. The van der Waals surface area contributed by atoms with Crippen molar-refractivity contribution in [3.63, 3.8) is 0 Å². The van der Waals surface area contributed by atoms with E-state index in [1.165, 1.54) is 6.92 Å². The smallest absolute Gasteiger partial charge is 0.223 e. The van der Waals surface area contributed by atoms with E-state index < -0.39 is 9.84 Å². The van der Waals surface area contributed by atoms with E-state index in [-0.39, 0.29) is 41.7 Å². The Morgan fingerprint density at radius 3 is 2.57 bits per heavy atom. The molecule has 0 aromatic heterocycles. The van der Waals surface area contributed by atoms with Crippen LogP contribution >= 0.6 is 0 Å². The van der Waals surface area contributed by atoms with Gasteiger partial charge in [0.2, 0.25) is 11.8 Å². The summed E-state index contributed by atoms with van der Waals surface area (Å²) in [4.78, 5) is 24.8. The maximum absolute atomic E-state index is 12.1. The van der Waals surface area contributed by atoms with Crippen molar-refractivity contribution in [1.82, 2.24) is 10.2 Å². The fraction of sp³-hybridized carbons (Fsp3) is 0.857. The number of amides is 2. The summed E-state index contributed by atoms with van der Waals surface area (Å²) in [6.07, 6.45) is 1.71. The number of hydrogen-bond donors (Lipinski definition) is 1. The number of nitrogens with one attached hydrogen (secondary N) is 1. The minimum Gasteiger partial charge on any atom is -0.352 e. The van der Waals surface area contributed by atoms with Crippen LogP contribution in [0.2, 0.25) is 0 Å².